The van der Waals surface area contributed by atoms with E-state index in [2.05, 4.69) is 33.4 Å². The number of nitrogens with zero attached hydrogens (tertiary/aromatic N) is 3. The van der Waals surface area contributed by atoms with Crippen molar-refractivity contribution in [3.05, 3.63) is 36.0 Å². The number of ether oxygens (including phenoxy) is 2. The minimum Gasteiger partial charge on any atom is -0.353 e. The lowest BCUT2D eigenvalue weighted by Crippen LogP contribution is -2.39. The van der Waals surface area contributed by atoms with Crippen LogP contribution in [0.4, 0.5) is 5.69 Å². The molecule has 3 rings (SSSR count). The first-order chi connectivity index (χ1) is 14.2. The Labute approximate surface area is 177 Å². The van der Waals surface area contributed by atoms with E-state index in [1.165, 1.54) is 11.1 Å². The number of unbranched alkanes of at least 4 members (excludes halogenated alkanes) is 1. The van der Waals surface area contributed by atoms with Gasteiger partial charge in [0.15, 0.2) is 6.29 Å². The predicted octanol–water partition coefficient (Wildman–Crippen LogP) is 5.05. The number of hydrazine groups is 1. The first-order valence-electron chi connectivity index (χ1n) is 10.5. The summed E-state index contributed by atoms with van der Waals surface area (Å²) in [6.07, 6.45) is 9.56. The number of fused-ring (bicyclic) bond motifs is 1. The van der Waals surface area contributed by atoms with Crippen LogP contribution in [0.2, 0.25) is 0 Å². The molecule has 0 aliphatic carbocycles. The number of hydrogen-bond donors (Lipinski definition) is 1. The molecule has 1 aromatic carbocycles. The summed E-state index contributed by atoms with van der Waals surface area (Å²) in [6, 6.07) is 6.13. The largest absolute Gasteiger partial charge is 0.353 e. The number of nitrogens with one attached hydrogen (secondary N) is 1. The number of rotatable bonds is 11. The zero-order valence-electron chi connectivity index (χ0n) is 17.5. The molecular formula is C22H32N4O2S. The number of benzene rings is 1. The molecule has 1 fully saturated rings. The van der Waals surface area contributed by atoms with E-state index in [-0.39, 0.29) is 6.29 Å². The molecule has 0 radical (unpaired) electrons. The van der Waals surface area contributed by atoms with Crippen LogP contribution in [0, 0.1) is 0 Å². The lowest BCUT2D eigenvalue weighted by Gasteiger charge is -2.26. The molecule has 0 spiro atoms. The molecule has 29 heavy (non-hydrogen) atoms. The summed E-state index contributed by atoms with van der Waals surface area (Å²) in [4.78, 5) is 9.02. The monoisotopic (exact) mass is 416 g/mol. The van der Waals surface area contributed by atoms with Crippen LogP contribution in [-0.4, -0.2) is 48.3 Å². The maximum atomic E-state index is 5.87. The molecule has 7 heteroatoms. The molecule has 1 atom stereocenters. The third-order valence-corrected chi connectivity index (χ3v) is 5.60. The summed E-state index contributed by atoms with van der Waals surface area (Å²) in [7, 11) is 0. The summed E-state index contributed by atoms with van der Waals surface area (Å²) in [6.45, 7) is 7.49. The van der Waals surface area contributed by atoms with E-state index < -0.39 is 0 Å². The molecular weight excluding hydrogens is 384 g/mol. The summed E-state index contributed by atoms with van der Waals surface area (Å²) in [5.74, 6) is 0. The standard InChI is InChI=1S/C22H32N4O2S/c1-3-4-12-26(13-15-28-22-7-5-6-14-27-22)24-11-10-18(2)25-19-8-9-21-20(16-19)23-17-29-21/h8-11,16-17,22,24H,3-7,12-15H2,1-2H3. The number of aromatic nitrogens is 1. The van der Waals surface area contributed by atoms with Gasteiger partial charge in [-0.05, 0) is 56.9 Å². The van der Waals surface area contributed by atoms with E-state index in [1.807, 2.05) is 36.8 Å². The van der Waals surface area contributed by atoms with Crippen LogP contribution in [-0.2, 0) is 9.47 Å². The molecule has 1 aliphatic rings. The molecule has 0 bridgehead atoms. The van der Waals surface area contributed by atoms with Crippen molar-refractivity contribution in [1.29, 1.82) is 0 Å². The summed E-state index contributed by atoms with van der Waals surface area (Å²) < 4.78 is 12.7. The Balaban J connectivity index is 1.47. The van der Waals surface area contributed by atoms with Crippen molar-refractivity contribution in [1.82, 2.24) is 15.4 Å². The van der Waals surface area contributed by atoms with Gasteiger partial charge >= 0.3 is 0 Å². The van der Waals surface area contributed by atoms with Crippen molar-refractivity contribution in [3.63, 3.8) is 0 Å². The highest BCUT2D eigenvalue weighted by Crippen LogP contribution is 2.23. The summed E-state index contributed by atoms with van der Waals surface area (Å²) in [5.41, 5.74) is 8.10. The number of thiazole rings is 1. The average molecular weight is 417 g/mol. The van der Waals surface area contributed by atoms with Crippen molar-refractivity contribution in [2.75, 3.05) is 26.3 Å². The molecule has 2 heterocycles. The van der Waals surface area contributed by atoms with Gasteiger partial charge in [0.05, 0.1) is 28.0 Å². The highest BCUT2D eigenvalue weighted by atomic mass is 32.1. The number of aliphatic imine (C=N–C) groups is 1. The van der Waals surface area contributed by atoms with Crippen LogP contribution in [0.3, 0.4) is 0 Å². The van der Waals surface area contributed by atoms with Crippen molar-refractivity contribution < 1.29 is 9.47 Å². The zero-order chi connectivity index (χ0) is 20.3. The second-order valence-corrected chi connectivity index (χ2v) is 8.11. The van der Waals surface area contributed by atoms with E-state index in [0.29, 0.717) is 6.61 Å². The highest BCUT2D eigenvalue weighted by molar-refractivity contribution is 7.16. The molecule has 1 aromatic heterocycles. The topological polar surface area (TPSA) is 59.0 Å². The quantitative estimate of drug-likeness (QED) is 0.410. The van der Waals surface area contributed by atoms with Crippen molar-refractivity contribution >= 4 is 33.0 Å². The lowest BCUT2D eigenvalue weighted by atomic mass is 10.2. The summed E-state index contributed by atoms with van der Waals surface area (Å²) >= 11 is 1.65. The van der Waals surface area contributed by atoms with Gasteiger partial charge in [-0.25, -0.2) is 9.99 Å². The molecule has 2 aromatic rings. The van der Waals surface area contributed by atoms with Crippen LogP contribution in [0.5, 0.6) is 0 Å². The normalized spacial score (nSPS) is 18.2. The average Bonchev–Trinajstić information content (AvgIpc) is 3.20. The SMILES string of the molecule is CCCCN(CCOC1CCCCO1)NC=CC(C)=Nc1ccc2scnc2c1. The minimum atomic E-state index is -0.0308. The van der Waals surface area contributed by atoms with Crippen LogP contribution >= 0.6 is 11.3 Å². The van der Waals surface area contributed by atoms with Gasteiger partial charge in [0.25, 0.3) is 0 Å². The Bertz CT molecular complexity index is 799. The Morgan fingerprint density at radius 3 is 3.17 bits per heavy atom. The third-order valence-electron chi connectivity index (χ3n) is 4.79. The van der Waals surface area contributed by atoms with E-state index in [1.54, 1.807) is 11.3 Å². The maximum absolute atomic E-state index is 5.87. The van der Waals surface area contributed by atoms with Gasteiger partial charge in [0.2, 0.25) is 0 Å². The predicted molar refractivity (Wildman–Crippen MR) is 121 cm³/mol. The third kappa shape index (κ3) is 7.51. The van der Waals surface area contributed by atoms with Crippen LogP contribution in [0.1, 0.15) is 46.0 Å². The van der Waals surface area contributed by atoms with Gasteiger partial charge in [-0.1, -0.05) is 13.3 Å². The molecule has 0 saturated carbocycles. The van der Waals surface area contributed by atoms with E-state index in [0.717, 1.165) is 62.3 Å². The molecule has 1 N–H and O–H groups in total. The van der Waals surface area contributed by atoms with Crippen LogP contribution in [0.15, 0.2) is 41.0 Å². The maximum Gasteiger partial charge on any atom is 0.157 e. The molecule has 158 valence electrons. The van der Waals surface area contributed by atoms with Crippen molar-refractivity contribution in [2.45, 2.75) is 52.2 Å². The van der Waals surface area contributed by atoms with Crippen molar-refractivity contribution in [3.8, 4) is 0 Å². The molecule has 1 aliphatic heterocycles. The molecule has 1 unspecified atom stereocenters. The minimum absolute atomic E-state index is 0.0308. The van der Waals surface area contributed by atoms with E-state index in [9.17, 15) is 0 Å². The fourth-order valence-electron chi connectivity index (χ4n) is 3.15. The molecule has 0 amide bonds. The number of allylic oxidation sites excluding steroid dienone is 1. The fraction of sp³-hybridized carbons (Fsp3) is 0.545. The Kier molecular flexibility index (Phi) is 9.08. The van der Waals surface area contributed by atoms with Crippen LogP contribution < -0.4 is 5.43 Å². The Hall–Kier alpha value is -1.80. The summed E-state index contributed by atoms with van der Waals surface area (Å²) in [5, 5.41) is 2.19. The van der Waals surface area contributed by atoms with Gasteiger partial charge < -0.3 is 14.9 Å². The zero-order valence-corrected chi connectivity index (χ0v) is 18.3. The van der Waals surface area contributed by atoms with Gasteiger partial charge in [-0.3, -0.25) is 4.99 Å². The molecule has 6 nitrogen and oxygen atoms in total. The van der Waals surface area contributed by atoms with Gasteiger partial charge in [-0.2, -0.15) is 0 Å². The second-order valence-electron chi connectivity index (χ2n) is 7.23. The Morgan fingerprint density at radius 1 is 1.41 bits per heavy atom. The van der Waals surface area contributed by atoms with Crippen LogP contribution in [0.25, 0.3) is 10.2 Å². The fourth-order valence-corrected chi connectivity index (χ4v) is 3.81. The highest BCUT2D eigenvalue weighted by Gasteiger charge is 2.14. The smallest absolute Gasteiger partial charge is 0.157 e. The molecule has 1 saturated heterocycles. The van der Waals surface area contributed by atoms with Gasteiger partial charge in [0.1, 0.15) is 0 Å². The first-order valence-corrected chi connectivity index (χ1v) is 11.4. The lowest BCUT2D eigenvalue weighted by molar-refractivity contribution is -0.164. The first kappa shape index (κ1) is 21.9. The van der Waals surface area contributed by atoms with Gasteiger partial charge in [0, 0.05) is 31.6 Å². The van der Waals surface area contributed by atoms with Gasteiger partial charge in [-0.15, -0.1) is 11.3 Å². The van der Waals surface area contributed by atoms with E-state index in [4.69, 9.17) is 9.47 Å². The number of hydrogen-bond acceptors (Lipinski definition) is 7. The second kappa shape index (κ2) is 12.0. The Morgan fingerprint density at radius 2 is 2.34 bits per heavy atom. The van der Waals surface area contributed by atoms with E-state index >= 15 is 0 Å². The van der Waals surface area contributed by atoms with Crippen molar-refractivity contribution in [2.24, 2.45) is 4.99 Å².